The van der Waals surface area contributed by atoms with E-state index in [1.807, 2.05) is 36.4 Å². The van der Waals surface area contributed by atoms with Gasteiger partial charge in [-0.25, -0.2) is 0 Å². The molecule has 0 fully saturated rings. The SMILES string of the molecule is COc1ccc(C(CO)Cc2ccccc2)cc1OC. The van der Waals surface area contributed by atoms with Crippen LogP contribution in [0.4, 0.5) is 0 Å². The van der Waals surface area contributed by atoms with E-state index in [1.54, 1.807) is 14.2 Å². The van der Waals surface area contributed by atoms with Crippen molar-refractivity contribution in [1.82, 2.24) is 0 Å². The first kappa shape index (κ1) is 14.4. The Morgan fingerprint density at radius 3 is 2.25 bits per heavy atom. The van der Waals surface area contributed by atoms with Crippen molar-refractivity contribution in [2.75, 3.05) is 20.8 Å². The van der Waals surface area contributed by atoms with Crippen molar-refractivity contribution in [3.8, 4) is 11.5 Å². The first-order chi connectivity index (χ1) is 9.78. The van der Waals surface area contributed by atoms with Crippen LogP contribution in [0.3, 0.4) is 0 Å². The maximum absolute atomic E-state index is 9.66. The summed E-state index contributed by atoms with van der Waals surface area (Å²) < 4.78 is 10.6. The highest BCUT2D eigenvalue weighted by atomic mass is 16.5. The van der Waals surface area contributed by atoms with Gasteiger partial charge in [0.15, 0.2) is 11.5 Å². The number of aliphatic hydroxyl groups is 1. The summed E-state index contributed by atoms with van der Waals surface area (Å²) in [5, 5.41) is 9.66. The Balaban J connectivity index is 2.23. The summed E-state index contributed by atoms with van der Waals surface area (Å²) in [6.45, 7) is 0.102. The Labute approximate surface area is 119 Å². The highest BCUT2D eigenvalue weighted by Crippen LogP contribution is 2.31. The second-order valence-corrected chi connectivity index (χ2v) is 4.68. The number of hydrogen-bond acceptors (Lipinski definition) is 3. The van der Waals surface area contributed by atoms with Crippen LogP contribution in [0.25, 0.3) is 0 Å². The zero-order valence-corrected chi connectivity index (χ0v) is 11.9. The molecule has 0 aliphatic rings. The Morgan fingerprint density at radius 1 is 0.950 bits per heavy atom. The minimum Gasteiger partial charge on any atom is -0.493 e. The predicted molar refractivity (Wildman–Crippen MR) is 79.5 cm³/mol. The fraction of sp³-hybridized carbons (Fsp3) is 0.294. The molecule has 1 atom stereocenters. The van der Waals surface area contributed by atoms with Gasteiger partial charge in [0.25, 0.3) is 0 Å². The molecule has 20 heavy (non-hydrogen) atoms. The number of benzene rings is 2. The van der Waals surface area contributed by atoms with Gasteiger partial charge >= 0.3 is 0 Å². The molecule has 0 amide bonds. The van der Waals surface area contributed by atoms with E-state index < -0.39 is 0 Å². The molecule has 3 nitrogen and oxygen atoms in total. The molecule has 0 aliphatic carbocycles. The summed E-state index contributed by atoms with van der Waals surface area (Å²) >= 11 is 0. The van der Waals surface area contributed by atoms with Crippen LogP contribution in [0, 0.1) is 0 Å². The molecule has 2 aromatic rings. The number of methoxy groups -OCH3 is 2. The van der Waals surface area contributed by atoms with Gasteiger partial charge in [-0.05, 0) is 29.7 Å². The molecule has 0 radical (unpaired) electrons. The van der Waals surface area contributed by atoms with Gasteiger partial charge in [0.1, 0.15) is 0 Å². The van der Waals surface area contributed by atoms with E-state index >= 15 is 0 Å². The van der Waals surface area contributed by atoms with E-state index in [9.17, 15) is 5.11 Å². The highest BCUT2D eigenvalue weighted by molar-refractivity contribution is 5.44. The average molecular weight is 272 g/mol. The molecule has 2 aromatic carbocycles. The first-order valence-electron chi connectivity index (χ1n) is 6.65. The molecule has 3 heteroatoms. The number of hydrogen-bond donors (Lipinski definition) is 1. The van der Waals surface area contributed by atoms with Gasteiger partial charge in [-0.2, -0.15) is 0 Å². The van der Waals surface area contributed by atoms with E-state index in [2.05, 4.69) is 12.1 Å². The molecule has 0 aliphatic heterocycles. The maximum atomic E-state index is 9.66. The second-order valence-electron chi connectivity index (χ2n) is 4.68. The minimum absolute atomic E-state index is 0.0530. The summed E-state index contributed by atoms with van der Waals surface area (Å²) in [6.07, 6.45) is 0.798. The molecular weight excluding hydrogens is 252 g/mol. The minimum atomic E-state index is 0.0530. The third-order valence-corrected chi connectivity index (χ3v) is 3.42. The van der Waals surface area contributed by atoms with Crippen LogP contribution >= 0.6 is 0 Å². The largest absolute Gasteiger partial charge is 0.493 e. The van der Waals surface area contributed by atoms with Crippen molar-refractivity contribution in [2.24, 2.45) is 0 Å². The van der Waals surface area contributed by atoms with E-state index in [-0.39, 0.29) is 12.5 Å². The first-order valence-corrected chi connectivity index (χ1v) is 6.65. The standard InChI is InChI=1S/C17H20O3/c1-19-16-9-8-14(11-17(16)20-2)15(12-18)10-13-6-4-3-5-7-13/h3-9,11,15,18H,10,12H2,1-2H3. The van der Waals surface area contributed by atoms with Crippen LogP contribution in [0.1, 0.15) is 17.0 Å². The predicted octanol–water partition coefficient (Wildman–Crippen LogP) is 3.02. The number of ether oxygens (including phenoxy) is 2. The second kappa shape index (κ2) is 6.96. The van der Waals surface area contributed by atoms with Crippen LogP contribution in [-0.2, 0) is 6.42 Å². The Bertz CT molecular complexity index is 537. The lowest BCUT2D eigenvalue weighted by Gasteiger charge is -2.17. The quantitative estimate of drug-likeness (QED) is 0.878. The van der Waals surface area contributed by atoms with Gasteiger partial charge < -0.3 is 14.6 Å². The number of rotatable bonds is 6. The molecule has 0 saturated heterocycles. The molecule has 0 aromatic heterocycles. The van der Waals surface area contributed by atoms with Crippen LogP contribution in [0.5, 0.6) is 11.5 Å². The summed E-state index contributed by atoms with van der Waals surface area (Å²) in [7, 11) is 3.23. The Hall–Kier alpha value is -2.00. The van der Waals surface area contributed by atoms with Gasteiger partial charge in [-0.1, -0.05) is 36.4 Å². The lowest BCUT2D eigenvalue weighted by atomic mass is 9.92. The van der Waals surface area contributed by atoms with Crippen molar-refractivity contribution in [1.29, 1.82) is 0 Å². The third-order valence-electron chi connectivity index (χ3n) is 3.42. The normalized spacial score (nSPS) is 11.9. The van der Waals surface area contributed by atoms with E-state index in [4.69, 9.17) is 9.47 Å². The van der Waals surface area contributed by atoms with Gasteiger partial charge in [-0.15, -0.1) is 0 Å². The summed E-state index contributed by atoms with van der Waals surface area (Å²) in [5.74, 6) is 1.45. The molecule has 106 valence electrons. The van der Waals surface area contributed by atoms with Crippen molar-refractivity contribution in [3.05, 3.63) is 59.7 Å². The van der Waals surface area contributed by atoms with Gasteiger partial charge in [0.05, 0.1) is 20.8 Å². The maximum Gasteiger partial charge on any atom is 0.160 e. The summed E-state index contributed by atoms with van der Waals surface area (Å²) in [5.41, 5.74) is 2.26. The zero-order valence-electron chi connectivity index (χ0n) is 11.9. The Morgan fingerprint density at radius 2 is 1.65 bits per heavy atom. The van der Waals surface area contributed by atoms with Crippen LogP contribution < -0.4 is 9.47 Å². The molecule has 0 saturated carbocycles. The summed E-state index contributed by atoms with van der Waals surface area (Å²) in [6, 6.07) is 16.0. The van der Waals surface area contributed by atoms with E-state index in [0.29, 0.717) is 11.5 Å². The van der Waals surface area contributed by atoms with Crippen LogP contribution in [0.15, 0.2) is 48.5 Å². The Kier molecular flexibility index (Phi) is 5.02. The zero-order chi connectivity index (χ0) is 14.4. The average Bonchev–Trinajstić information content (AvgIpc) is 2.53. The molecule has 0 spiro atoms. The molecule has 2 rings (SSSR count). The van der Waals surface area contributed by atoms with Gasteiger partial charge in [0, 0.05) is 5.92 Å². The van der Waals surface area contributed by atoms with Crippen molar-refractivity contribution in [2.45, 2.75) is 12.3 Å². The number of aliphatic hydroxyl groups excluding tert-OH is 1. The van der Waals surface area contributed by atoms with Gasteiger partial charge in [0.2, 0.25) is 0 Å². The van der Waals surface area contributed by atoms with E-state index in [1.165, 1.54) is 5.56 Å². The van der Waals surface area contributed by atoms with Gasteiger partial charge in [-0.3, -0.25) is 0 Å². The summed E-state index contributed by atoms with van der Waals surface area (Å²) in [4.78, 5) is 0. The van der Waals surface area contributed by atoms with Crippen molar-refractivity contribution < 1.29 is 14.6 Å². The monoisotopic (exact) mass is 272 g/mol. The van der Waals surface area contributed by atoms with Crippen LogP contribution in [0.2, 0.25) is 0 Å². The molecular formula is C17H20O3. The van der Waals surface area contributed by atoms with Crippen molar-refractivity contribution >= 4 is 0 Å². The van der Waals surface area contributed by atoms with Crippen LogP contribution in [-0.4, -0.2) is 25.9 Å². The van der Waals surface area contributed by atoms with Crippen molar-refractivity contribution in [3.63, 3.8) is 0 Å². The third kappa shape index (κ3) is 3.31. The fourth-order valence-corrected chi connectivity index (χ4v) is 2.29. The topological polar surface area (TPSA) is 38.7 Å². The molecule has 1 N–H and O–H groups in total. The lowest BCUT2D eigenvalue weighted by molar-refractivity contribution is 0.264. The highest BCUT2D eigenvalue weighted by Gasteiger charge is 2.14. The smallest absolute Gasteiger partial charge is 0.160 e. The fourth-order valence-electron chi connectivity index (χ4n) is 2.29. The lowest BCUT2D eigenvalue weighted by Crippen LogP contribution is -2.08. The molecule has 0 heterocycles. The molecule has 0 bridgehead atoms. The molecule has 1 unspecified atom stereocenters. The van der Waals surface area contributed by atoms with E-state index in [0.717, 1.165) is 12.0 Å².